The number of benzene rings is 1. The number of hydrogen-bond donors (Lipinski definition) is 1. The normalized spacial score (nSPS) is 15.2. The van der Waals surface area contributed by atoms with Crippen molar-refractivity contribution < 1.29 is 0 Å². The lowest BCUT2D eigenvalue weighted by Crippen LogP contribution is -2.26. The Morgan fingerprint density at radius 3 is 2.83 bits per heavy atom. The molecule has 0 fully saturated rings. The monoisotopic (exact) mass is 324 g/mol. The lowest BCUT2D eigenvalue weighted by atomic mass is 10.1. The summed E-state index contributed by atoms with van der Waals surface area (Å²) in [5.41, 5.74) is 10.1. The zero-order valence-corrected chi connectivity index (χ0v) is 14.4. The average molecular weight is 324 g/mol. The highest BCUT2D eigenvalue weighted by Gasteiger charge is 2.26. The number of nitrogen functional groups attached to an aromatic ring is 1. The van der Waals surface area contributed by atoms with Gasteiger partial charge in [0, 0.05) is 17.1 Å². The van der Waals surface area contributed by atoms with Gasteiger partial charge in [0.2, 0.25) is 0 Å². The van der Waals surface area contributed by atoms with Crippen LogP contribution in [0.15, 0.2) is 24.3 Å². The van der Waals surface area contributed by atoms with E-state index in [1.54, 1.807) is 11.3 Å². The summed E-state index contributed by atoms with van der Waals surface area (Å²) in [6, 6.07) is 8.69. The van der Waals surface area contributed by atoms with E-state index in [-0.39, 0.29) is 6.04 Å². The molecule has 2 N–H and O–H groups in total. The zero-order chi connectivity index (χ0) is 16.1. The Morgan fingerprint density at radius 1 is 1.22 bits per heavy atom. The molecule has 4 rings (SSSR count). The molecule has 0 bridgehead atoms. The van der Waals surface area contributed by atoms with E-state index in [9.17, 15) is 0 Å². The number of hydrogen-bond acceptors (Lipinski definition) is 5. The average Bonchev–Trinajstić information content (AvgIpc) is 3.08. The number of aryl methyl sites for hydroxylation is 2. The fourth-order valence-corrected chi connectivity index (χ4v) is 4.43. The molecule has 1 aliphatic heterocycles. The summed E-state index contributed by atoms with van der Waals surface area (Å²) in [5, 5.41) is 1.02. The number of aromatic nitrogens is 2. The first-order chi connectivity index (χ1) is 11.1. The molecule has 3 heterocycles. The Bertz CT molecular complexity index is 899. The third-order valence-electron chi connectivity index (χ3n) is 4.84. The highest BCUT2D eigenvalue weighted by Crippen LogP contribution is 2.36. The molecule has 1 aliphatic rings. The second-order valence-electron chi connectivity index (χ2n) is 6.18. The van der Waals surface area contributed by atoms with Crippen LogP contribution in [0.25, 0.3) is 10.2 Å². The van der Waals surface area contributed by atoms with E-state index in [2.05, 4.69) is 54.9 Å². The molecule has 5 heteroatoms. The maximum Gasteiger partial charge on any atom is 0.154 e. The number of nitrogens with zero attached hydrogens (tertiary/aromatic N) is 3. The van der Waals surface area contributed by atoms with Crippen molar-refractivity contribution in [3.8, 4) is 0 Å². The van der Waals surface area contributed by atoms with Gasteiger partial charge in [-0.05, 0) is 44.4 Å². The Morgan fingerprint density at radius 2 is 2.00 bits per heavy atom. The lowest BCUT2D eigenvalue weighted by molar-refractivity contribution is 0.658. The Hall–Kier alpha value is -2.14. The summed E-state index contributed by atoms with van der Waals surface area (Å²) in [6.45, 7) is 7.37. The van der Waals surface area contributed by atoms with Crippen LogP contribution >= 0.6 is 11.3 Å². The lowest BCUT2D eigenvalue weighted by Gasteiger charge is -2.26. The van der Waals surface area contributed by atoms with Crippen LogP contribution in [-0.2, 0) is 6.42 Å². The van der Waals surface area contributed by atoms with E-state index in [1.807, 2.05) is 0 Å². The van der Waals surface area contributed by atoms with Gasteiger partial charge in [0.25, 0.3) is 0 Å². The van der Waals surface area contributed by atoms with Crippen molar-refractivity contribution in [2.45, 2.75) is 33.2 Å². The first-order valence-corrected chi connectivity index (χ1v) is 8.75. The van der Waals surface area contributed by atoms with E-state index >= 15 is 0 Å². The highest BCUT2D eigenvalue weighted by molar-refractivity contribution is 7.18. The number of fused-ring (bicyclic) bond motifs is 2. The molecule has 0 aliphatic carbocycles. The SMILES string of the molecule is Cc1sc2nc(C(C)N3CCc4ccccc43)nc(N)c2c1C. The molecule has 3 aromatic rings. The summed E-state index contributed by atoms with van der Waals surface area (Å²) in [7, 11) is 0. The third-order valence-corrected chi connectivity index (χ3v) is 5.94. The van der Waals surface area contributed by atoms with E-state index in [1.165, 1.54) is 21.7 Å². The van der Waals surface area contributed by atoms with Crippen LogP contribution in [0.1, 0.15) is 34.8 Å². The van der Waals surface area contributed by atoms with E-state index in [0.717, 1.165) is 29.0 Å². The van der Waals surface area contributed by atoms with Crippen molar-refractivity contribution in [2.24, 2.45) is 0 Å². The standard InChI is InChI=1S/C18H20N4S/c1-10-12(3)23-18-15(10)16(19)20-17(21-18)11(2)22-9-8-13-6-4-5-7-14(13)22/h4-7,11H,8-9H2,1-3H3,(H2,19,20,21). The molecular weight excluding hydrogens is 304 g/mol. The molecule has 0 saturated carbocycles. The first kappa shape index (κ1) is 14.5. The largest absolute Gasteiger partial charge is 0.383 e. The van der Waals surface area contributed by atoms with Crippen molar-refractivity contribution in [3.05, 3.63) is 46.1 Å². The summed E-state index contributed by atoms with van der Waals surface area (Å²) in [6.07, 6.45) is 1.08. The fraction of sp³-hybridized carbons (Fsp3) is 0.333. The van der Waals surface area contributed by atoms with E-state index in [0.29, 0.717) is 5.82 Å². The Balaban J connectivity index is 1.78. The van der Waals surface area contributed by atoms with Gasteiger partial charge in [-0.1, -0.05) is 18.2 Å². The van der Waals surface area contributed by atoms with Crippen molar-refractivity contribution in [1.82, 2.24) is 9.97 Å². The van der Waals surface area contributed by atoms with Crippen LogP contribution in [0, 0.1) is 13.8 Å². The predicted octanol–water partition coefficient (Wildman–Crippen LogP) is 4.01. The minimum absolute atomic E-state index is 0.119. The minimum Gasteiger partial charge on any atom is -0.383 e. The summed E-state index contributed by atoms with van der Waals surface area (Å²) >= 11 is 1.70. The second-order valence-corrected chi connectivity index (χ2v) is 7.38. The topological polar surface area (TPSA) is 55.0 Å². The molecule has 0 amide bonds. The zero-order valence-electron chi connectivity index (χ0n) is 13.6. The van der Waals surface area contributed by atoms with Gasteiger partial charge in [0.15, 0.2) is 5.82 Å². The Kier molecular flexibility index (Phi) is 3.27. The predicted molar refractivity (Wildman–Crippen MR) is 97.2 cm³/mol. The number of thiophene rings is 1. The van der Waals surface area contributed by atoms with Crippen molar-refractivity contribution >= 4 is 33.1 Å². The van der Waals surface area contributed by atoms with Crippen LogP contribution in [0.5, 0.6) is 0 Å². The summed E-state index contributed by atoms with van der Waals surface area (Å²) in [5.74, 6) is 1.42. The van der Waals surface area contributed by atoms with Crippen molar-refractivity contribution in [1.29, 1.82) is 0 Å². The molecule has 0 spiro atoms. The Labute approximate surface area is 140 Å². The van der Waals surface area contributed by atoms with Gasteiger partial charge in [0.05, 0.1) is 11.4 Å². The molecule has 1 aromatic carbocycles. The number of rotatable bonds is 2. The van der Waals surface area contributed by atoms with Crippen molar-refractivity contribution in [2.75, 3.05) is 17.2 Å². The molecule has 118 valence electrons. The molecule has 2 aromatic heterocycles. The van der Waals surface area contributed by atoms with Crippen LogP contribution in [0.4, 0.5) is 11.5 Å². The fourth-order valence-electron chi connectivity index (χ4n) is 3.39. The van der Waals surface area contributed by atoms with Crippen LogP contribution in [0.2, 0.25) is 0 Å². The van der Waals surface area contributed by atoms with Gasteiger partial charge in [-0.25, -0.2) is 9.97 Å². The molecule has 1 atom stereocenters. The minimum atomic E-state index is 0.119. The number of para-hydroxylation sites is 1. The van der Waals surface area contributed by atoms with Gasteiger partial charge in [-0.15, -0.1) is 11.3 Å². The van der Waals surface area contributed by atoms with Gasteiger partial charge in [0.1, 0.15) is 10.6 Å². The van der Waals surface area contributed by atoms with E-state index < -0.39 is 0 Å². The van der Waals surface area contributed by atoms with Crippen LogP contribution < -0.4 is 10.6 Å². The molecule has 4 nitrogen and oxygen atoms in total. The summed E-state index contributed by atoms with van der Waals surface area (Å²) in [4.78, 5) is 14.1. The maximum absolute atomic E-state index is 6.24. The smallest absolute Gasteiger partial charge is 0.154 e. The number of anilines is 2. The van der Waals surface area contributed by atoms with Gasteiger partial charge in [-0.3, -0.25) is 0 Å². The molecule has 23 heavy (non-hydrogen) atoms. The first-order valence-electron chi connectivity index (χ1n) is 7.94. The summed E-state index contributed by atoms with van der Waals surface area (Å²) < 4.78 is 0. The van der Waals surface area contributed by atoms with Gasteiger partial charge < -0.3 is 10.6 Å². The van der Waals surface area contributed by atoms with Gasteiger partial charge in [-0.2, -0.15) is 0 Å². The third kappa shape index (κ3) is 2.18. The molecule has 0 saturated heterocycles. The second kappa shape index (κ2) is 5.20. The van der Waals surface area contributed by atoms with E-state index in [4.69, 9.17) is 10.7 Å². The van der Waals surface area contributed by atoms with Gasteiger partial charge >= 0.3 is 0 Å². The highest BCUT2D eigenvalue weighted by atomic mass is 32.1. The quantitative estimate of drug-likeness (QED) is 0.774. The number of nitrogens with two attached hydrogens (primary N) is 1. The maximum atomic E-state index is 6.24. The van der Waals surface area contributed by atoms with Crippen molar-refractivity contribution in [3.63, 3.8) is 0 Å². The molecule has 1 unspecified atom stereocenters. The molecule has 0 radical (unpaired) electrons. The van der Waals surface area contributed by atoms with Crippen LogP contribution in [0.3, 0.4) is 0 Å². The van der Waals surface area contributed by atoms with Crippen LogP contribution in [-0.4, -0.2) is 16.5 Å². The molecular formula is C18H20N4S.